The molecule has 1 aliphatic rings. The number of ether oxygens (including phenoxy) is 2. The lowest BCUT2D eigenvalue weighted by Gasteiger charge is -2.01. The second kappa shape index (κ2) is 5.04. The van der Waals surface area contributed by atoms with E-state index in [0.717, 1.165) is 10.1 Å². The van der Waals surface area contributed by atoms with Crippen molar-refractivity contribution in [3.05, 3.63) is 23.1 Å². The minimum atomic E-state index is -0.325. The summed E-state index contributed by atoms with van der Waals surface area (Å²) in [4.78, 5) is 24.3. The molecule has 1 aliphatic carbocycles. The summed E-state index contributed by atoms with van der Waals surface area (Å²) in [5.41, 5.74) is 0. The zero-order valence-electron chi connectivity index (χ0n) is 11.6. The van der Waals surface area contributed by atoms with Crippen LogP contribution in [-0.4, -0.2) is 31.1 Å². The maximum absolute atomic E-state index is 12.4. The number of ketones is 1. The van der Waals surface area contributed by atoms with Crippen LogP contribution in [0.25, 0.3) is 10.1 Å². The molecule has 5 nitrogen and oxygen atoms in total. The molecule has 1 heterocycles. The molecule has 2 atom stereocenters. The van der Waals surface area contributed by atoms with Crippen molar-refractivity contribution in [2.24, 2.45) is 11.8 Å². The third-order valence-electron chi connectivity index (χ3n) is 3.69. The minimum absolute atomic E-state index is 0.0370. The van der Waals surface area contributed by atoms with Crippen molar-refractivity contribution in [1.82, 2.24) is 0 Å². The zero-order valence-corrected chi connectivity index (χ0v) is 12.4. The van der Waals surface area contributed by atoms with Gasteiger partial charge in [0.05, 0.1) is 25.0 Å². The number of rotatable bonds is 4. The van der Waals surface area contributed by atoms with Crippen LogP contribution in [0.2, 0.25) is 0 Å². The molecular weight excluding hydrogens is 292 g/mol. The van der Waals surface area contributed by atoms with E-state index in [2.05, 4.69) is 4.74 Å². The number of benzene rings is 1. The van der Waals surface area contributed by atoms with Crippen molar-refractivity contribution in [3.8, 4) is 11.5 Å². The highest BCUT2D eigenvalue weighted by Gasteiger charge is 2.49. The molecule has 1 N–H and O–H groups in total. The van der Waals surface area contributed by atoms with Crippen LogP contribution in [-0.2, 0) is 9.53 Å². The van der Waals surface area contributed by atoms with Gasteiger partial charge in [-0.3, -0.25) is 9.59 Å². The largest absolute Gasteiger partial charge is 0.504 e. The lowest BCUT2D eigenvalue weighted by atomic mass is 10.1. The molecule has 1 aromatic carbocycles. The van der Waals surface area contributed by atoms with E-state index in [9.17, 15) is 14.7 Å². The lowest BCUT2D eigenvalue weighted by Crippen LogP contribution is -2.09. The number of aromatic hydroxyl groups is 1. The zero-order chi connectivity index (χ0) is 15.1. The smallest absolute Gasteiger partial charge is 0.309 e. The molecule has 110 valence electrons. The fraction of sp³-hybridized carbons (Fsp3) is 0.333. The first kappa shape index (κ1) is 13.9. The molecule has 6 heteroatoms. The summed E-state index contributed by atoms with van der Waals surface area (Å²) in [6.45, 7) is 0. The van der Waals surface area contributed by atoms with Gasteiger partial charge in [-0.05, 0) is 23.9 Å². The van der Waals surface area contributed by atoms with Crippen molar-refractivity contribution in [3.63, 3.8) is 0 Å². The maximum Gasteiger partial charge on any atom is 0.309 e. The van der Waals surface area contributed by atoms with Gasteiger partial charge in [-0.2, -0.15) is 0 Å². The van der Waals surface area contributed by atoms with Gasteiger partial charge in [0.15, 0.2) is 17.3 Å². The van der Waals surface area contributed by atoms with Crippen molar-refractivity contribution in [2.45, 2.75) is 6.42 Å². The molecule has 0 amide bonds. The highest BCUT2D eigenvalue weighted by molar-refractivity contribution is 7.20. The number of hydrogen-bond acceptors (Lipinski definition) is 6. The molecule has 21 heavy (non-hydrogen) atoms. The lowest BCUT2D eigenvalue weighted by molar-refractivity contribution is -0.142. The van der Waals surface area contributed by atoms with E-state index in [0.29, 0.717) is 17.0 Å². The average molecular weight is 306 g/mol. The monoisotopic (exact) mass is 306 g/mol. The van der Waals surface area contributed by atoms with E-state index in [-0.39, 0.29) is 29.3 Å². The van der Waals surface area contributed by atoms with Gasteiger partial charge in [0.2, 0.25) is 0 Å². The van der Waals surface area contributed by atoms with Gasteiger partial charge in [-0.25, -0.2) is 0 Å². The maximum atomic E-state index is 12.4. The number of phenolic OH excluding ortho intramolecular Hbond substituents is 1. The van der Waals surface area contributed by atoms with Crippen molar-refractivity contribution < 1.29 is 24.2 Å². The van der Waals surface area contributed by atoms with Gasteiger partial charge in [0, 0.05) is 16.7 Å². The third-order valence-corrected chi connectivity index (χ3v) is 4.80. The van der Waals surface area contributed by atoms with Crippen LogP contribution < -0.4 is 4.74 Å². The minimum Gasteiger partial charge on any atom is -0.504 e. The van der Waals surface area contributed by atoms with E-state index in [1.54, 1.807) is 18.2 Å². The average Bonchev–Trinajstić information content (AvgIpc) is 3.18. The number of hydrogen-bond donors (Lipinski definition) is 1. The molecule has 1 saturated carbocycles. The topological polar surface area (TPSA) is 72.8 Å². The summed E-state index contributed by atoms with van der Waals surface area (Å²) < 4.78 is 10.6. The number of carbonyl (C=O) groups is 2. The second-order valence-electron chi connectivity index (χ2n) is 5.01. The van der Waals surface area contributed by atoms with E-state index in [1.807, 2.05) is 0 Å². The molecule has 0 saturated heterocycles. The Morgan fingerprint density at radius 3 is 2.67 bits per heavy atom. The molecule has 2 aromatic rings. The van der Waals surface area contributed by atoms with Crippen molar-refractivity contribution in [1.29, 1.82) is 0 Å². The molecular formula is C15H14O5S. The molecule has 2 unspecified atom stereocenters. The Morgan fingerprint density at radius 1 is 1.24 bits per heavy atom. The summed E-state index contributed by atoms with van der Waals surface area (Å²) >= 11 is 1.34. The predicted molar refractivity (Wildman–Crippen MR) is 78.0 cm³/mol. The highest BCUT2D eigenvalue weighted by Crippen LogP contribution is 2.44. The fourth-order valence-corrected chi connectivity index (χ4v) is 3.50. The first-order valence-electron chi connectivity index (χ1n) is 6.47. The van der Waals surface area contributed by atoms with Crippen LogP contribution >= 0.6 is 11.3 Å². The number of thiophene rings is 1. The van der Waals surface area contributed by atoms with E-state index in [1.165, 1.54) is 25.6 Å². The Kier molecular flexibility index (Phi) is 3.33. The Bertz CT molecular complexity index is 733. The molecule has 3 rings (SSSR count). The van der Waals surface area contributed by atoms with Crippen molar-refractivity contribution >= 4 is 33.2 Å². The SMILES string of the molecule is COC(=O)C1CC1C(=O)c1cc2cc(O)c(OC)cc2s1. The van der Waals surface area contributed by atoms with Gasteiger partial charge in [0.25, 0.3) is 0 Å². The third kappa shape index (κ3) is 2.35. The van der Waals surface area contributed by atoms with Crippen LogP contribution in [0.1, 0.15) is 16.1 Å². The number of fused-ring (bicyclic) bond motifs is 1. The molecule has 1 fully saturated rings. The van der Waals surface area contributed by atoms with Gasteiger partial charge >= 0.3 is 5.97 Å². The molecule has 0 aliphatic heterocycles. The summed E-state index contributed by atoms with van der Waals surface area (Å²) in [5, 5.41) is 10.5. The predicted octanol–water partition coefficient (Wildman–Crippen LogP) is 2.61. The van der Waals surface area contributed by atoms with Crippen molar-refractivity contribution in [2.75, 3.05) is 14.2 Å². The highest BCUT2D eigenvalue weighted by atomic mass is 32.1. The fourth-order valence-electron chi connectivity index (χ4n) is 2.42. The normalized spacial score (nSPS) is 20.3. The molecule has 0 spiro atoms. The van der Waals surface area contributed by atoms with E-state index in [4.69, 9.17) is 4.74 Å². The summed E-state index contributed by atoms with van der Waals surface area (Å²) in [6.07, 6.45) is 0.550. The molecule has 0 bridgehead atoms. The van der Waals surface area contributed by atoms with Crippen LogP contribution in [0.3, 0.4) is 0 Å². The Morgan fingerprint density at radius 2 is 2.00 bits per heavy atom. The van der Waals surface area contributed by atoms with Crippen LogP contribution in [0.4, 0.5) is 0 Å². The number of phenols is 1. The Balaban J connectivity index is 1.88. The Labute approximate surface area is 125 Å². The van der Waals surface area contributed by atoms with Crippen LogP contribution in [0.5, 0.6) is 11.5 Å². The first-order chi connectivity index (χ1) is 10.0. The molecule has 1 aromatic heterocycles. The number of carbonyl (C=O) groups excluding carboxylic acids is 2. The summed E-state index contributed by atoms with van der Waals surface area (Å²) in [6, 6.07) is 5.02. The first-order valence-corrected chi connectivity index (χ1v) is 7.29. The summed E-state index contributed by atoms with van der Waals surface area (Å²) in [7, 11) is 2.81. The van der Waals surface area contributed by atoms with Gasteiger partial charge in [0.1, 0.15) is 0 Å². The van der Waals surface area contributed by atoms with Gasteiger partial charge in [-0.15, -0.1) is 11.3 Å². The van der Waals surface area contributed by atoms with Crippen LogP contribution in [0, 0.1) is 11.8 Å². The van der Waals surface area contributed by atoms with Crippen LogP contribution in [0.15, 0.2) is 18.2 Å². The van der Waals surface area contributed by atoms with E-state index < -0.39 is 0 Å². The van der Waals surface area contributed by atoms with Gasteiger partial charge in [-0.1, -0.05) is 0 Å². The standard InChI is InChI=1S/C15H14O5S/c1-19-11-6-12-7(3-10(11)16)4-13(21-12)14(17)8-5-9(8)15(18)20-2/h3-4,6,8-9,16H,5H2,1-2H3. The van der Waals surface area contributed by atoms with Gasteiger partial charge < -0.3 is 14.6 Å². The quantitative estimate of drug-likeness (QED) is 0.694. The molecule has 0 radical (unpaired) electrons. The van der Waals surface area contributed by atoms with E-state index >= 15 is 0 Å². The number of Topliss-reactive ketones (excluding diaryl/α,β-unsaturated/α-hetero) is 1. The Hall–Kier alpha value is -2.08. The second-order valence-corrected chi connectivity index (χ2v) is 6.09. The number of methoxy groups -OCH3 is 2. The summed E-state index contributed by atoms with van der Waals surface area (Å²) in [5.74, 6) is -0.529. The number of esters is 1.